The summed E-state index contributed by atoms with van der Waals surface area (Å²) in [6.07, 6.45) is 3.39. The number of benzene rings is 1. The summed E-state index contributed by atoms with van der Waals surface area (Å²) in [5.41, 5.74) is 1.55. The van der Waals surface area contributed by atoms with Gasteiger partial charge in [0.05, 0.1) is 5.52 Å². The first-order chi connectivity index (χ1) is 10.5. The van der Waals surface area contributed by atoms with Crippen LogP contribution in [0.25, 0.3) is 10.9 Å². The highest BCUT2D eigenvalue weighted by Crippen LogP contribution is 2.22. The van der Waals surface area contributed by atoms with E-state index in [9.17, 15) is 8.42 Å². The summed E-state index contributed by atoms with van der Waals surface area (Å²) in [5, 5.41) is 0.853. The normalized spacial score (nSPS) is 17.9. The van der Waals surface area contributed by atoms with Gasteiger partial charge >= 0.3 is 0 Å². The molecule has 1 aromatic carbocycles. The van der Waals surface area contributed by atoms with Gasteiger partial charge in [0.1, 0.15) is 4.90 Å². The van der Waals surface area contributed by atoms with E-state index in [1.54, 1.807) is 18.3 Å². The molecule has 3 rings (SSSR count). The predicted molar refractivity (Wildman–Crippen MR) is 87.3 cm³/mol. The van der Waals surface area contributed by atoms with E-state index < -0.39 is 10.0 Å². The first-order valence-electron chi connectivity index (χ1n) is 7.52. The molecule has 1 saturated heterocycles. The number of pyridine rings is 1. The Kier molecular flexibility index (Phi) is 4.16. The zero-order chi connectivity index (χ0) is 15.7. The number of hydrogen-bond acceptors (Lipinski definition) is 4. The van der Waals surface area contributed by atoms with Crippen LogP contribution >= 0.6 is 0 Å². The molecule has 0 unspecified atom stereocenters. The van der Waals surface area contributed by atoms with Crippen LogP contribution in [0.15, 0.2) is 35.4 Å². The third-order valence-corrected chi connectivity index (χ3v) is 5.69. The minimum atomic E-state index is -3.55. The van der Waals surface area contributed by atoms with Crippen molar-refractivity contribution in [2.75, 3.05) is 20.1 Å². The van der Waals surface area contributed by atoms with Crippen molar-refractivity contribution in [1.82, 2.24) is 14.6 Å². The van der Waals surface area contributed by atoms with Crippen LogP contribution in [0, 0.1) is 6.92 Å². The van der Waals surface area contributed by atoms with Gasteiger partial charge in [-0.1, -0.05) is 12.1 Å². The molecule has 0 bridgehead atoms. The number of aromatic nitrogens is 1. The van der Waals surface area contributed by atoms with E-state index in [0.717, 1.165) is 36.9 Å². The van der Waals surface area contributed by atoms with Gasteiger partial charge in [0.15, 0.2) is 0 Å². The van der Waals surface area contributed by atoms with Crippen molar-refractivity contribution < 1.29 is 8.42 Å². The average molecular weight is 319 g/mol. The number of para-hydroxylation sites is 1. The maximum Gasteiger partial charge on any atom is 0.242 e. The molecule has 0 amide bonds. The predicted octanol–water partition coefficient (Wildman–Crippen LogP) is 1.92. The largest absolute Gasteiger partial charge is 0.306 e. The van der Waals surface area contributed by atoms with Crippen LogP contribution in [0.4, 0.5) is 0 Å². The van der Waals surface area contributed by atoms with Gasteiger partial charge in [-0.05, 0) is 57.6 Å². The summed E-state index contributed by atoms with van der Waals surface area (Å²) in [4.78, 5) is 6.81. The number of fused-ring (bicyclic) bond motifs is 1. The lowest BCUT2D eigenvalue weighted by Gasteiger charge is -2.29. The summed E-state index contributed by atoms with van der Waals surface area (Å²) in [7, 11) is -1.49. The lowest BCUT2D eigenvalue weighted by molar-refractivity contribution is 0.248. The van der Waals surface area contributed by atoms with Crippen LogP contribution in [-0.2, 0) is 10.0 Å². The molecular weight excluding hydrogens is 298 g/mol. The highest BCUT2D eigenvalue weighted by Gasteiger charge is 2.25. The zero-order valence-electron chi connectivity index (χ0n) is 12.9. The van der Waals surface area contributed by atoms with Gasteiger partial charge in [-0.25, -0.2) is 13.1 Å². The summed E-state index contributed by atoms with van der Waals surface area (Å²) in [6, 6.07) is 7.25. The van der Waals surface area contributed by atoms with Gasteiger partial charge in [-0.3, -0.25) is 4.98 Å². The zero-order valence-corrected chi connectivity index (χ0v) is 13.7. The Balaban J connectivity index is 1.92. The van der Waals surface area contributed by atoms with Crippen LogP contribution in [0.5, 0.6) is 0 Å². The lowest BCUT2D eigenvalue weighted by atomic mass is 10.1. The van der Waals surface area contributed by atoms with E-state index in [4.69, 9.17) is 0 Å². The minimum absolute atomic E-state index is 0.00176. The van der Waals surface area contributed by atoms with Gasteiger partial charge < -0.3 is 4.90 Å². The van der Waals surface area contributed by atoms with Crippen molar-refractivity contribution in [3.05, 3.63) is 36.0 Å². The molecule has 1 aromatic heterocycles. The number of rotatable bonds is 3. The molecule has 0 saturated carbocycles. The molecular formula is C16H21N3O2S. The molecule has 118 valence electrons. The molecule has 1 aliphatic heterocycles. The average Bonchev–Trinajstić information content (AvgIpc) is 2.48. The molecule has 22 heavy (non-hydrogen) atoms. The third-order valence-electron chi connectivity index (χ3n) is 4.14. The van der Waals surface area contributed by atoms with Crippen LogP contribution in [0.3, 0.4) is 0 Å². The fraction of sp³-hybridized carbons (Fsp3) is 0.438. The Labute approximate surface area is 131 Å². The number of piperidine rings is 1. The van der Waals surface area contributed by atoms with Crippen molar-refractivity contribution >= 4 is 20.9 Å². The third kappa shape index (κ3) is 3.14. The standard InChI is InChI=1S/C16H21N3O2S/c1-12-10-13-4-3-5-15(16(13)17-11-12)22(20,21)18-14-6-8-19(2)9-7-14/h3-5,10-11,14,18H,6-9H2,1-2H3. The Morgan fingerprint density at radius 1 is 1.27 bits per heavy atom. The van der Waals surface area contributed by atoms with E-state index in [1.165, 1.54) is 0 Å². The van der Waals surface area contributed by atoms with Crippen molar-refractivity contribution in [3.8, 4) is 0 Å². The second-order valence-corrected chi connectivity index (χ2v) is 7.72. The molecule has 1 N–H and O–H groups in total. The number of nitrogens with one attached hydrogen (secondary N) is 1. The SMILES string of the molecule is Cc1cnc2c(S(=O)(=O)NC3CCN(C)CC3)cccc2c1. The second kappa shape index (κ2) is 5.95. The van der Waals surface area contributed by atoms with Gasteiger partial charge in [0.2, 0.25) is 10.0 Å². The number of hydrogen-bond donors (Lipinski definition) is 1. The Hall–Kier alpha value is -1.50. The van der Waals surface area contributed by atoms with Gasteiger partial charge in [0, 0.05) is 17.6 Å². The first-order valence-corrected chi connectivity index (χ1v) is 9.00. The number of aryl methyl sites for hydroxylation is 1. The molecule has 5 nitrogen and oxygen atoms in total. The lowest BCUT2D eigenvalue weighted by Crippen LogP contribution is -2.43. The molecule has 6 heteroatoms. The summed E-state index contributed by atoms with van der Waals surface area (Å²) < 4.78 is 28.3. The molecule has 0 aliphatic carbocycles. The van der Waals surface area contributed by atoms with Crippen molar-refractivity contribution in [1.29, 1.82) is 0 Å². The Morgan fingerprint density at radius 2 is 2.00 bits per heavy atom. The van der Waals surface area contributed by atoms with Gasteiger partial charge in [-0.2, -0.15) is 0 Å². The topological polar surface area (TPSA) is 62.3 Å². The summed E-state index contributed by atoms with van der Waals surface area (Å²) in [5.74, 6) is 0. The second-order valence-electron chi connectivity index (χ2n) is 6.04. The van der Waals surface area contributed by atoms with Crippen molar-refractivity contribution in [3.63, 3.8) is 0 Å². The first kappa shape index (κ1) is 15.4. The van der Waals surface area contributed by atoms with Crippen molar-refractivity contribution in [2.45, 2.75) is 30.7 Å². The highest BCUT2D eigenvalue weighted by molar-refractivity contribution is 7.89. The Bertz CT molecular complexity index is 781. The maximum absolute atomic E-state index is 12.7. The van der Waals surface area contributed by atoms with Crippen LogP contribution in [0.1, 0.15) is 18.4 Å². The maximum atomic E-state index is 12.7. The number of nitrogens with zero attached hydrogens (tertiary/aromatic N) is 2. The summed E-state index contributed by atoms with van der Waals surface area (Å²) in [6.45, 7) is 3.78. The smallest absolute Gasteiger partial charge is 0.242 e. The summed E-state index contributed by atoms with van der Waals surface area (Å²) >= 11 is 0. The molecule has 2 aromatic rings. The Morgan fingerprint density at radius 3 is 2.73 bits per heavy atom. The fourth-order valence-corrected chi connectivity index (χ4v) is 4.35. The fourth-order valence-electron chi connectivity index (χ4n) is 2.87. The van der Waals surface area contributed by atoms with E-state index in [0.29, 0.717) is 5.52 Å². The monoisotopic (exact) mass is 319 g/mol. The van der Waals surface area contributed by atoms with Gasteiger partial charge in [-0.15, -0.1) is 0 Å². The van der Waals surface area contributed by atoms with Crippen LogP contribution in [0.2, 0.25) is 0 Å². The van der Waals surface area contributed by atoms with Crippen LogP contribution in [-0.4, -0.2) is 44.5 Å². The molecule has 1 aliphatic rings. The highest BCUT2D eigenvalue weighted by atomic mass is 32.2. The molecule has 1 fully saturated rings. The van der Waals surface area contributed by atoms with Gasteiger partial charge in [0.25, 0.3) is 0 Å². The number of sulfonamides is 1. The molecule has 0 radical (unpaired) electrons. The van der Waals surface area contributed by atoms with Crippen LogP contribution < -0.4 is 4.72 Å². The molecule has 2 heterocycles. The van der Waals surface area contributed by atoms with E-state index in [2.05, 4.69) is 21.7 Å². The van der Waals surface area contributed by atoms with E-state index >= 15 is 0 Å². The molecule has 0 atom stereocenters. The number of likely N-dealkylation sites (tertiary alicyclic amines) is 1. The van der Waals surface area contributed by atoms with E-state index in [-0.39, 0.29) is 10.9 Å². The molecule has 0 spiro atoms. The quantitative estimate of drug-likeness (QED) is 0.939. The van der Waals surface area contributed by atoms with E-state index in [1.807, 2.05) is 19.1 Å². The van der Waals surface area contributed by atoms with Crippen molar-refractivity contribution in [2.24, 2.45) is 0 Å². The minimum Gasteiger partial charge on any atom is -0.306 e.